The third-order valence-corrected chi connectivity index (χ3v) is 4.33. The average Bonchev–Trinajstić information content (AvgIpc) is 2.41. The predicted octanol–water partition coefficient (Wildman–Crippen LogP) is 3.38. The predicted molar refractivity (Wildman–Crippen MR) is 80.9 cm³/mol. The van der Waals surface area contributed by atoms with Crippen LogP contribution in [0.25, 0.3) is 0 Å². The molecule has 0 aliphatic carbocycles. The molecule has 0 saturated carbocycles. The van der Waals surface area contributed by atoms with Gasteiger partial charge in [-0.1, -0.05) is 41.5 Å². The second kappa shape index (κ2) is 6.91. The zero-order valence-electron chi connectivity index (χ0n) is 13.4. The first-order valence-electron chi connectivity index (χ1n) is 7.74. The summed E-state index contributed by atoms with van der Waals surface area (Å²) in [7, 11) is 0. The second-order valence-electron chi connectivity index (χ2n) is 7.66. The Morgan fingerprint density at radius 3 is 2.44 bits per heavy atom. The minimum atomic E-state index is 0.424. The number of hydrogen-bond acceptors (Lipinski definition) is 2. The lowest BCUT2D eigenvalue weighted by Gasteiger charge is -2.33. The Morgan fingerprint density at radius 2 is 1.89 bits per heavy atom. The molecule has 2 nitrogen and oxygen atoms in total. The van der Waals surface area contributed by atoms with Gasteiger partial charge < -0.3 is 10.2 Å². The summed E-state index contributed by atoms with van der Waals surface area (Å²) in [6.45, 7) is 19.1. The maximum atomic E-state index is 3.71. The zero-order chi connectivity index (χ0) is 13.8. The fraction of sp³-hybridized carbons (Fsp3) is 1.00. The van der Waals surface area contributed by atoms with E-state index in [1.54, 1.807) is 0 Å². The van der Waals surface area contributed by atoms with Gasteiger partial charge in [-0.15, -0.1) is 0 Å². The van der Waals surface area contributed by atoms with E-state index in [9.17, 15) is 0 Å². The fourth-order valence-electron chi connectivity index (χ4n) is 2.63. The lowest BCUT2D eigenvalue weighted by atomic mass is 9.82. The van der Waals surface area contributed by atoms with Crippen LogP contribution in [0.1, 0.15) is 54.4 Å². The topological polar surface area (TPSA) is 15.3 Å². The Labute approximate surface area is 115 Å². The molecule has 0 aromatic rings. The van der Waals surface area contributed by atoms with E-state index in [4.69, 9.17) is 0 Å². The molecule has 1 fully saturated rings. The SMILES string of the molecule is CC(C)CC1CN(CC(C)C(C)(C)C)CCCN1. The molecule has 0 aromatic heterocycles. The van der Waals surface area contributed by atoms with Crippen molar-refractivity contribution in [2.75, 3.05) is 26.2 Å². The van der Waals surface area contributed by atoms with Crippen molar-refractivity contribution in [1.82, 2.24) is 10.2 Å². The molecule has 18 heavy (non-hydrogen) atoms. The van der Waals surface area contributed by atoms with Gasteiger partial charge in [0.15, 0.2) is 0 Å². The Kier molecular flexibility index (Phi) is 6.13. The van der Waals surface area contributed by atoms with Crippen LogP contribution >= 0.6 is 0 Å². The van der Waals surface area contributed by atoms with Gasteiger partial charge >= 0.3 is 0 Å². The number of hydrogen-bond donors (Lipinski definition) is 1. The van der Waals surface area contributed by atoms with E-state index in [1.165, 1.54) is 39.0 Å². The molecular weight excluding hydrogens is 220 g/mol. The van der Waals surface area contributed by atoms with Gasteiger partial charge in [-0.05, 0) is 43.2 Å². The van der Waals surface area contributed by atoms with Crippen molar-refractivity contribution in [3.05, 3.63) is 0 Å². The van der Waals surface area contributed by atoms with Crippen LogP contribution in [0.15, 0.2) is 0 Å². The van der Waals surface area contributed by atoms with Crippen LogP contribution in [0.5, 0.6) is 0 Å². The molecule has 2 atom stereocenters. The molecule has 0 spiro atoms. The largest absolute Gasteiger partial charge is 0.313 e. The van der Waals surface area contributed by atoms with Crippen molar-refractivity contribution in [2.45, 2.75) is 60.4 Å². The fourth-order valence-corrected chi connectivity index (χ4v) is 2.63. The first-order chi connectivity index (χ1) is 8.29. The van der Waals surface area contributed by atoms with E-state index < -0.39 is 0 Å². The van der Waals surface area contributed by atoms with Crippen molar-refractivity contribution < 1.29 is 0 Å². The van der Waals surface area contributed by atoms with Crippen molar-refractivity contribution >= 4 is 0 Å². The van der Waals surface area contributed by atoms with Crippen molar-refractivity contribution in [2.24, 2.45) is 17.3 Å². The van der Waals surface area contributed by atoms with Crippen LogP contribution in [0, 0.1) is 17.3 Å². The highest BCUT2D eigenvalue weighted by Gasteiger charge is 2.25. The van der Waals surface area contributed by atoms with Gasteiger partial charge in [0.05, 0.1) is 0 Å². The van der Waals surface area contributed by atoms with E-state index in [2.05, 4.69) is 51.8 Å². The van der Waals surface area contributed by atoms with E-state index in [0.717, 1.165) is 11.8 Å². The molecule has 1 saturated heterocycles. The Morgan fingerprint density at radius 1 is 1.22 bits per heavy atom. The Balaban J connectivity index is 2.48. The molecule has 108 valence electrons. The molecule has 2 heteroatoms. The van der Waals surface area contributed by atoms with Crippen molar-refractivity contribution in [1.29, 1.82) is 0 Å². The van der Waals surface area contributed by atoms with Crippen LogP contribution < -0.4 is 5.32 Å². The van der Waals surface area contributed by atoms with Crippen LogP contribution in [0.3, 0.4) is 0 Å². The molecule has 2 unspecified atom stereocenters. The van der Waals surface area contributed by atoms with Crippen molar-refractivity contribution in [3.63, 3.8) is 0 Å². The van der Waals surface area contributed by atoms with E-state index in [-0.39, 0.29) is 0 Å². The number of rotatable bonds is 4. The molecule has 0 amide bonds. The highest BCUT2D eigenvalue weighted by atomic mass is 15.2. The van der Waals surface area contributed by atoms with E-state index in [0.29, 0.717) is 11.5 Å². The smallest absolute Gasteiger partial charge is 0.0197 e. The average molecular weight is 254 g/mol. The summed E-state index contributed by atoms with van der Waals surface area (Å²) in [6.07, 6.45) is 2.60. The Hall–Kier alpha value is -0.0800. The van der Waals surface area contributed by atoms with Crippen molar-refractivity contribution in [3.8, 4) is 0 Å². The van der Waals surface area contributed by atoms with Gasteiger partial charge in [0.25, 0.3) is 0 Å². The van der Waals surface area contributed by atoms with Crippen LogP contribution in [-0.4, -0.2) is 37.1 Å². The molecule has 1 aliphatic heterocycles. The minimum Gasteiger partial charge on any atom is -0.313 e. The third-order valence-electron chi connectivity index (χ3n) is 4.33. The minimum absolute atomic E-state index is 0.424. The molecule has 1 aliphatic rings. The maximum Gasteiger partial charge on any atom is 0.0197 e. The monoisotopic (exact) mass is 254 g/mol. The van der Waals surface area contributed by atoms with Gasteiger partial charge in [0, 0.05) is 19.1 Å². The molecule has 1 N–H and O–H groups in total. The van der Waals surface area contributed by atoms with Crippen LogP contribution in [0.4, 0.5) is 0 Å². The standard InChI is InChI=1S/C16H34N2/c1-13(2)10-15-12-18(9-7-8-17-15)11-14(3)16(4,5)6/h13-15,17H,7-12H2,1-6H3. The summed E-state index contributed by atoms with van der Waals surface area (Å²) < 4.78 is 0. The van der Waals surface area contributed by atoms with E-state index >= 15 is 0 Å². The summed E-state index contributed by atoms with van der Waals surface area (Å²) in [5, 5.41) is 3.71. The highest BCUT2D eigenvalue weighted by Crippen LogP contribution is 2.26. The summed E-state index contributed by atoms with van der Waals surface area (Å²) in [4.78, 5) is 2.68. The van der Waals surface area contributed by atoms with Crippen LogP contribution in [0.2, 0.25) is 0 Å². The lowest BCUT2D eigenvalue weighted by molar-refractivity contribution is 0.156. The highest BCUT2D eigenvalue weighted by molar-refractivity contribution is 4.80. The Bertz CT molecular complexity index is 230. The van der Waals surface area contributed by atoms with Gasteiger partial charge in [0.2, 0.25) is 0 Å². The van der Waals surface area contributed by atoms with Gasteiger partial charge in [-0.3, -0.25) is 0 Å². The molecule has 0 aromatic carbocycles. The van der Waals surface area contributed by atoms with E-state index in [1.807, 2.05) is 0 Å². The normalized spacial score (nSPS) is 25.2. The molecule has 0 radical (unpaired) electrons. The lowest BCUT2D eigenvalue weighted by Crippen LogP contribution is -2.41. The van der Waals surface area contributed by atoms with Crippen LogP contribution in [-0.2, 0) is 0 Å². The first kappa shape index (κ1) is 16.0. The van der Waals surface area contributed by atoms with Gasteiger partial charge in [0.1, 0.15) is 0 Å². The molecule has 0 bridgehead atoms. The number of nitrogens with zero attached hydrogens (tertiary/aromatic N) is 1. The van der Waals surface area contributed by atoms with Gasteiger partial charge in [-0.25, -0.2) is 0 Å². The maximum absolute atomic E-state index is 3.71. The zero-order valence-corrected chi connectivity index (χ0v) is 13.4. The third kappa shape index (κ3) is 5.71. The number of nitrogens with one attached hydrogen (secondary N) is 1. The quantitative estimate of drug-likeness (QED) is 0.827. The molecular formula is C16H34N2. The second-order valence-corrected chi connectivity index (χ2v) is 7.66. The summed E-state index contributed by atoms with van der Waals surface area (Å²) in [5.41, 5.74) is 0.424. The molecule has 1 rings (SSSR count). The summed E-state index contributed by atoms with van der Waals surface area (Å²) >= 11 is 0. The molecule has 1 heterocycles. The summed E-state index contributed by atoms with van der Waals surface area (Å²) in [6, 6.07) is 0.694. The van der Waals surface area contributed by atoms with Gasteiger partial charge in [-0.2, -0.15) is 0 Å². The summed E-state index contributed by atoms with van der Waals surface area (Å²) in [5.74, 6) is 1.55. The first-order valence-corrected chi connectivity index (χ1v) is 7.74.